The number of ether oxygens (including phenoxy) is 1. The second kappa shape index (κ2) is 7.12. The highest BCUT2D eigenvalue weighted by molar-refractivity contribution is 5.95. The number of carbonyl (C=O) groups excluding carboxylic acids is 1. The van der Waals surface area contributed by atoms with E-state index in [2.05, 4.69) is 47.7 Å². The minimum absolute atomic E-state index is 0.108. The number of hydrogen-bond acceptors (Lipinski definition) is 4. The van der Waals surface area contributed by atoms with Crippen molar-refractivity contribution >= 4 is 11.6 Å². The van der Waals surface area contributed by atoms with Crippen molar-refractivity contribution in [1.29, 1.82) is 0 Å². The number of pyridine rings is 1. The highest BCUT2D eigenvalue weighted by Gasteiger charge is 2.50. The Bertz CT molecular complexity index is 1200. The first-order valence-electron chi connectivity index (χ1n) is 11.5. The van der Waals surface area contributed by atoms with E-state index in [4.69, 9.17) is 9.72 Å². The summed E-state index contributed by atoms with van der Waals surface area (Å²) in [6.45, 7) is 7.53. The molecule has 5 heterocycles. The molecule has 32 heavy (non-hydrogen) atoms. The normalized spacial score (nSPS) is 21.0. The van der Waals surface area contributed by atoms with Gasteiger partial charge in [-0.15, -0.1) is 0 Å². The van der Waals surface area contributed by atoms with Crippen LogP contribution in [-0.4, -0.2) is 46.6 Å². The summed E-state index contributed by atoms with van der Waals surface area (Å²) >= 11 is 0. The van der Waals surface area contributed by atoms with E-state index >= 15 is 0 Å². The quantitative estimate of drug-likeness (QED) is 0.632. The van der Waals surface area contributed by atoms with Crippen molar-refractivity contribution in [3.63, 3.8) is 0 Å². The fourth-order valence-electron chi connectivity index (χ4n) is 5.64. The fourth-order valence-corrected chi connectivity index (χ4v) is 5.64. The van der Waals surface area contributed by atoms with Gasteiger partial charge in [0.05, 0.1) is 18.0 Å². The van der Waals surface area contributed by atoms with Crippen LogP contribution in [0.1, 0.15) is 41.9 Å². The van der Waals surface area contributed by atoms with Crippen molar-refractivity contribution in [2.24, 2.45) is 5.92 Å². The zero-order chi connectivity index (χ0) is 21.9. The van der Waals surface area contributed by atoms with Crippen LogP contribution < -0.4 is 9.64 Å². The van der Waals surface area contributed by atoms with Gasteiger partial charge in [-0.2, -0.15) is 0 Å². The van der Waals surface area contributed by atoms with Crippen LogP contribution in [0.15, 0.2) is 54.9 Å². The number of benzene rings is 1. The summed E-state index contributed by atoms with van der Waals surface area (Å²) < 4.78 is 7.84. The maximum atomic E-state index is 13.5. The molecule has 6 nitrogen and oxygen atoms in total. The fraction of sp³-hybridized carbons (Fsp3) is 0.385. The number of aromatic nitrogens is 2. The Balaban J connectivity index is 1.39. The molecule has 3 aromatic rings. The predicted octanol–water partition coefficient (Wildman–Crippen LogP) is 4.02. The molecule has 0 aliphatic carbocycles. The molecule has 1 amide bonds. The first-order chi connectivity index (χ1) is 15.6. The molecule has 6 rings (SSSR count). The Kier molecular flexibility index (Phi) is 4.32. The van der Waals surface area contributed by atoms with Gasteiger partial charge < -0.3 is 19.1 Å². The summed E-state index contributed by atoms with van der Waals surface area (Å²) in [7, 11) is 0. The summed E-state index contributed by atoms with van der Waals surface area (Å²) in [5, 5.41) is 0. The molecule has 2 aromatic heterocycles. The summed E-state index contributed by atoms with van der Waals surface area (Å²) in [5.74, 6) is 2.48. The van der Waals surface area contributed by atoms with Crippen LogP contribution in [0.2, 0.25) is 0 Å². The molecule has 1 unspecified atom stereocenters. The lowest BCUT2D eigenvalue weighted by molar-refractivity contribution is 0.0781. The minimum Gasteiger partial charge on any atom is -0.493 e. The number of rotatable bonds is 3. The molecule has 3 aliphatic heterocycles. The van der Waals surface area contributed by atoms with Crippen LogP contribution in [0.25, 0.3) is 5.82 Å². The number of carbonyl (C=O) groups is 1. The predicted molar refractivity (Wildman–Crippen MR) is 124 cm³/mol. The summed E-state index contributed by atoms with van der Waals surface area (Å²) in [6.07, 6.45) is 5.73. The number of likely N-dealkylation sites (tertiary alicyclic amines) is 1. The maximum Gasteiger partial charge on any atom is 0.253 e. The van der Waals surface area contributed by atoms with Gasteiger partial charge in [0.15, 0.2) is 5.82 Å². The maximum absolute atomic E-state index is 13.5. The van der Waals surface area contributed by atoms with Gasteiger partial charge in [-0.25, -0.2) is 4.98 Å². The Morgan fingerprint density at radius 2 is 2.12 bits per heavy atom. The number of fused-ring (bicyclic) bond motifs is 5. The largest absolute Gasteiger partial charge is 0.493 e. The topological polar surface area (TPSA) is 50.6 Å². The summed E-state index contributed by atoms with van der Waals surface area (Å²) in [4.78, 5) is 22.8. The molecule has 1 saturated heterocycles. The third-order valence-corrected chi connectivity index (χ3v) is 7.05. The van der Waals surface area contributed by atoms with Crippen molar-refractivity contribution in [3.8, 4) is 11.6 Å². The van der Waals surface area contributed by atoms with Gasteiger partial charge in [-0.3, -0.25) is 4.79 Å². The molecule has 1 atom stereocenters. The first kappa shape index (κ1) is 19.4. The third-order valence-electron chi connectivity index (χ3n) is 7.05. The lowest BCUT2D eigenvalue weighted by atomic mass is 9.88. The standard InChI is InChI=1S/C26H28N4O2/c1-18(2)16-30-21-5-3-11-27-24(21)29-12-4-6-23(29)26(30)10-13-28(17-26)25(31)20-7-8-22-19(15-20)9-14-32-22/h3-8,11-12,15,18H,9-10,13-14,16-17H2,1-2H3. The lowest BCUT2D eigenvalue weighted by Crippen LogP contribution is -2.54. The van der Waals surface area contributed by atoms with Crippen molar-refractivity contribution < 1.29 is 9.53 Å². The van der Waals surface area contributed by atoms with Gasteiger partial charge in [0.25, 0.3) is 5.91 Å². The van der Waals surface area contributed by atoms with Gasteiger partial charge >= 0.3 is 0 Å². The molecule has 0 N–H and O–H groups in total. The van der Waals surface area contributed by atoms with E-state index in [0.29, 0.717) is 19.1 Å². The van der Waals surface area contributed by atoms with Crippen LogP contribution in [0.4, 0.5) is 5.69 Å². The number of amides is 1. The zero-order valence-electron chi connectivity index (χ0n) is 18.6. The van der Waals surface area contributed by atoms with Crippen LogP contribution in [0, 0.1) is 5.92 Å². The molecule has 6 heteroatoms. The van der Waals surface area contributed by atoms with Gasteiger partial charge in [0.2, 0.25) is 0 Å². The Hall–Kier alpha value is -3.28. The highest BCUT2D eigenvalue weighted by Crippen LogP contribution is 2.47. The molecule has 164 valence electrons. The molecular weight excluding hydrogens is 400 g/mol. The molecular formula is C26H28N4O2. The zero-order valence-corrected chi connectivity index (χ0v) is 18.6. The van der Waals surface area contributed by atoms with Crippen molar-refractivity contribution in [1.82, 2.24) is 14.5 Å². The first-order valence-corrected chi connectivity index (χ1v) is 11.5. The van der Waals surface area contributed by atoms with E-state index in [1.165, 1.54) is 5.69 Å². The molecule has 3 aliphatic rings. The van der Waals surface area contributed by atoms with Gasteiger partial charge in [0.1, 0.15) is 11.3 Å². The van der Waals surface area contributed by atoms with E-state index in [9.17, 15) is 4.79 Å². The summed E-state index contributed by atoms with van der Waals surface area (Å²) in [5.41, 5.74) is 4.02. The second-order valence-electron chi connectivity index (χ2n) is 9.54. The van der Waals surface area contributed by atoms with E-state index in [0.717, 1.165) is 54.3 Å². The second-order valence-corrected chi connectivity index (χ2v) is 9.54. The van der Waals surface area contributed by atoms with Crippen LogP contribution in [0.5, 0.6) is 5.75 Å². The van der Waals surface area contributed by atoms with E-state index in [-0.39, 0.29) is 11.4 Å². The molecule has 0 saturated carbocycles. The SMILES string of the molecule is CC(C)CN1c2cccnc2-n2cccc2C12CCN(C(=O)c1ccc3c(c1)CCO3)C2. The molecule has 1 fully saturated rings. The van der Waals surface area contributed by atoms with Crippen molar-refractivity contribution in [3.05, 3.63) is 71.7 Å². The molecule has 0 bridgehead atoms. The lowest BCUT2D eigenvalue weighted by Gasteiger charge is -2.47. The van der Waals surface area contributed by atoms with E-state index < -0.39 is 0 Å². The third kappa shape index (κ3) is 2.78. The van der Waals surface area contributed by atoms with Gasteiger partial charge in [-0.05, 0) is 60.4 Å². The molecule has 1 aromatic carbocycles. The van der Waals surface area contributed by atoms with Gasteiger partial charge in [0, 0.05) is 44.0 Å². The van der Waals surface area contributed by atoms with E-state index in [1.807, 2.05) is 35.4 Å². The smallest absolute Gasteiger partial charge is 0.253 e. The molecule has 1 spiro atoms. The average molecular weight is 429 g/mol. The number of hydrogen-bond donors (Lipinski definition) is 0. The van der Waals surface area contributed by atoms with Crippen LogP contribution >= 0.6 is 0 Å². The Morgan fingerprint density at radius 1 is 1.22 bits per heavy atom. The van der Waals surface area contributed by atoms with Crippen molar-refractivity contribution in [2.75, 3.05) is 31.1 Å². The number of nitrogens with zero attached hydrogens (tertiary/aromatic N) is 4. The van der Waals surface area contributed by atoms with Gasteiger partial charge in [-0.1, -0.05) is 13.8 Å². The Morgan fingerprint density at radius 3 is 3.00 bits per heavy atom. The summed E-state index contributed by atoms with van der Waals surface area (Å²) in [6, 6.07) is 14.3. The van der Waals surface area contributed by atoms with Crippen molar-refractivity contribution in [2.45, 2.75) is 32.2 Å². The monoisotopic (exact) mass is 428 g/mol. The number of anilines is 1. The molecule has 0 radical (unpaired) electrons. The Labute approximate surface area is 188 Å². The van der Waals surface area contributed by atoms with Crippen LogP contribution in [0.3, 0.4) is 0 Å². The van der Waals surface area contributed by atoms with Crippen LogP contribution in [-0.2, 0) is 12.0 Å². The highest BCUT2D eigenvalue weighted by atomic mass is 16.5. The van der Waals surface area contributed by atoms with E-state index in [1.54, 1.807) is 0 Å². The minimum atomic E-state index is -0.251. The average Bonchev–Trinajstić information content (AvgIpc) is 3.55.